The summed E-state index contributed by atoms with van der Waals surface area (Å²) in [6, 6.07) is 5.04. The van der Waals surface area contributed by atoms with Gasteiger partial charge in [0.25, 0.3) is 0 Å². The standard InChI is InChI=1S/C17H14BrFO5/c18-14-9-5-10-13(17(22)24-15(10)14)12(9)16(21)23-6-11(20)7-1-3-8(19)4-2-7/h1-4,9-10,12-15H,5-6H2/t9-,10-,12-,13+,14+,15+/m1/s1. The molecule has 24 heavy (non-hydrogen) atoms. The molecule has 0 spiro atoms. The van der Waals surface area contributed by atoms with Gasteiger partial charge in [0.15, 0.2) is 12.4 Å². The van der Waals surface area contributed by atoms with E-state index in [4.69, 9.17) is 9.47 Å². The number of carbonyl (C=O) groups is 3. The van der Waals surface area contributed by atoms with Crippen molar-refractivity contribution in [3.05, 3.63) is 35.6 Å². The first-order valence-corrected chi connectivity index (χ1v) is 8.69. The third-order valence-electron chi connectivity index (χ3n) is 5.31. The maximum absolute atomic E-state index is 12.9. The molecule has 2 bridgehead atoms. The highest BCUT2D eigenvalue weighted by atomic mass is 79.9. The van der Waals surface area contributed by atoms with Crippen molar-refractivity contribution in [3.63, 3.8) is 0 Å². The van der Waals surface area contributed by atoms with Crippen LogP contribution in [0.3, 0.4) is 0 Å². The average Bonchev–Trinajstić information content (AvgIpc) is 3.17. The number of ether oxygens (including phenoxy) is 2. The SMILES string of the molecule is O=C(COC(=O)[C@@H]1[C@H]2C[C@H]3[C@H](OC(=O)[C@@H]31)[C@H]2Br)c1ccc(F)cc1. The molecule has 0 radical (unpaired) electrons. The highest BCUT2D eigenvalue weighted by Gasteiger charge is 2.68. The van der Waals surface area contributed by atoms with E-state index in [2.05, 4.69) is 15.9 Å². The van der Waals surface area contributed by atoms with Gasteiger partial charge in [-0.1, -0.05) is 15.9 Å². The van der Waals surface area contributed by atoms with Gasteiger partial charge in [0.2, 0.25) is 0 Å². The van der Waals surface area contributed by atoms with Crippen LogP contribution in [-0.4, -0.2) is 35.3 Å². The first-order valence-electron chi connectivity index (χ1n) is 7.77. The molecule has 0 aromatic heterocycles. The van der Waals surface area contributed by atoms with E-state index in [1.54, 1.807) is 0 Å². The van der Waals surface area contributed by atoms with Crippen LogP contribution >= 0.6 is 15.9 Å². The van der Waals surface area contributed by atoms with Crippen LogP contribution < -0.4 is 0 Å². The zero-order valence-corrected chi connectivity index (χ0v) is 14.1. The summed E-state index contributed by atoms with van der Waals surface area (Å²) in [6.07, 6.45) is 0.597. The molecule has 1 aromatic rings. The highest BCUT2D eigenvalue weighted by molar-refractivity contribution is 9.09. The van der Waals surface area contributed by atoms with E-state index < -0.39 is 36.0 Å². The second-order valence-electron chi connectivity index (χ2n) is 6.50. The van der Waals surface area contributed by atoms with E-state index in [1.165, 1.54) is 24.3 Å². The van der Waals surface area contributed by atoms with E-state index in [0.717, 1.165) is 6.42 Å². The molecule has 3 fully saturated rings. The van der Waals surface area contributed by atoms with Gasteiger partial charge in [0.1, 0.15) is 11.9 Å². The minimum Gasteiger partial charge on any atom is -0.461 e. The largest absolute Gasteiger partial charge is 0.461 e. The van der Waals surface area contributed by atoms with E-state index in [9.17, 15) is 18.8 Å². The predicted molar refractivity (Wildman–Crippen MR) is 82.9 cm³/mol. The molecule has 2 aliphatic carbocycles. The molecular formula is C17H14BrFO5. The van der Waals surface area contributed by atoms with Crippen molar-refractivity contribution in [1.29, 1.82) is 0 Å². The molecule has 4 rings (SSSR count). The summed E-state index contributed by atoms with van der Waals surface area (Å²) in [5.41, 5.74) is 0.274. The molecule has 3 aliphatic rings. The molecule has 7 heteroatoms. The summed E-state index contributed by atoms with van der Waals surface area (Å²) < 4.78 is 23.4. The van der Waals surface area contributed by atoms with Crippen molar-refractivity contribution in [2.24, 2.45) is 23.7 Å². The molecule has 1 saturated heterocycles. The number of hydrogen-bond donors (Lipinski definition) is 0. The van der Waals surface area contributed by atoms with Crippen molar-refractivity contribution in [3.8, 4) is 0 Å². The highest BCUT2D eigenvalue weighted by Crippen LogP contribution is 2.60. The lowest BCUT2D eigenvalue weighted by Gasteiger charge is -2.26. The minimum absolute atomic E-state index is 0.00938. The van der Waals surface area contributed by atoms with Crippen LogP contribution in [0.1, 0.15) is 16.8 Å². The number of carbonyl (C=O) groups excluding carboxylic acids is 3. The summed E-state index contributed by atoms with van der Waals surface area (Å²) in [5, 5.41) is 0. The Kier molecular flexibility index (Phi) is 3.71. The lowest BCUT2D eigenvalue weighted by Crippen LogP contribution is -2.39. The lowest BCUT2D eigenvalue weighted by molar-refractivity contribution is -0.154. The van der Waals surface area contributed by atoms with E-state index >= 15 is 0 Å². The minimum atomic E-state index is -0.563. The Morgan fingerprint density at radius 2 is 1.96 bits per heavy atom. The van der Waals surface area contributed by atoms with Crippen LogP contribution in [0.2, 0.25) is 0 Å². The van der Waals surface area contributed by atoms with Gasteiger partial charge in [-0.15, -0.1) is 0 Å². The molecule has 126 valence electrons. The molecule has 6 atom stereocenters. The predicted octanol–water partition coefficient (Wildman–Crippen LogP) is 2.12. The van der Waals surface area contributed by atoms with Crippen LogP contribution in [0.15, 0.2) is 24.3 Å². The summed E-state index contributed by atoms with van der Waals surface area (Å²) in [4.78, 5) is 36.4. The fourth-order valence-corrected chi connectivity index (χ4v) is 5.29. The Morgan fingerprint density at radius 1 is 1.25 bits per heavy atom. The lowest BCUT2D eigenvalue weighted by atomic mass is 9.80. The van der Waals surface area contributed by atoms with Crippen molar-refractivity contribution >= 4 is 33.7 Å². The molecular weight excluding hydrogens is 383 g/mol. The average molecular weight is 397 g/mol. The Labute approximate surface area is 145 Å². The number of alkyl halides is 1. The second-order valence-corrected chi connectivity index (χ2v) is 7.56. The molecule has 1 aromatic carbocycles. The zero-order chi connectivity index (χ0) is 17.0. The third kappa shape index (κ3) is 2.29. The van der Waals surface area contributed by atoms with E-state index in [-0.39, 0.29) is 34.3 Å². The smallest absolute Gasteiger partial charge is 0.310 e. The van der Waals surface area contributed by atoms with Crippen LogP contribution in [0.5, 0.6) is 0 Å². The molecule has 1 heterocycles. The Morgan fingerprint density at radius 3 is 2.67 bits per heavy atom. The number of halogens is 2. The Balaban J connectivity index is 1.43. The molecule has 2 saturated carbocycles. The number of Topliss-reactive ketones (excluding diaryl/α,β-unsaturated/α-hetero) is 1. The number of fused-ring (bicyclic) bond motifs is 1. The normalized spacial score (nSPS) is 35.8. The topological polar surface area (TPSA) is 69.7 Å². The third-order valence-corrected chi connectivity index (χ3v) is 6.51. The van der Waals surface area contributed by atoms with E-state index in [1.807, 2.05) is 0 Å². The summed E-state index contributed by atoms with van der Waals surface area (Å²) in [5.74, 6) is -2.71. The van der Waals surface area contributed by atoms with Gasteiger partial charge >= 0.3 is 11.9 Å². The van der Waals surface area contributed by atoms with Gasteiger partial charge < -0.3 is 9.47 Å². The molecule has 5 nitrogen and oxygen atoms in total. The van der Waals surface area contributed by atoms with Crippen LogP contribution in [0, 0.1) is 29.5 Å². The number of benzene rings is 1. The monoisotopic (exact) mass is 396 g/mol. The maximum atomic E-state index is 12.9. The van der Waals surface area contributed by atoms with Crippen LogP contribution in [-0.2, 0) is 19.1 Å². The Bertz CT molecular complexity index is 718. The second kappa shape index (κ2) is 5.65. The van der Waals surface area contributed by atoms with Crippen molar-refractivity contribution in [1.82, 2.24) is 0 Å². The number of hydrogen-bond acceptors (Lipinski definition) is 5. The molecule has 1 aliphatic heterocycles. The van der Waals surface area contributed by atoms with Crippen LogP contribution in [0.25, 0.3) is 0 Å². The molecule has 0 amide bonds. The maximum Gasteiger partial charge on any atom is 0.310 e. The quantitative estimate of drug-likeness (QED) is 0.442. The van der Waals surface area contributed by atoms with Crippen molar-refractivity contribution < 1.29 is 28.2 Å². The summed E-state index contributed by atoms with van der Waals surface area (Å²) >= 11 is 3.52. The van der Waals surface area contributed by atoms with Crippen LogP contribution in [0.4, 0.5) is 4.39 Å². The van der Waals surface area contributed by atoms with Crippen molar-refractivity contribution in [2.75, 3.05) is 6.61 Å². The number of esters is 2. The summed E-state index contributed by atoms with van der Waals surface area (Å²) in [7, 11) is 0. The van der Waals surface area contributed by atoms with Gasteiger partial charge in [-0.25, -0.2) is 4.39 Å². The van der Waals surface area contributed by atoms with Gasteiger partial charge in [0, 0.05) is 11.5 Å². The fourth-order valence-electron chi connectivity index (χ4n) is 4.25. The molecule has 0 unspecified atom stereocenters. The number of rotatable bonds is 4. The fraction of sp³-hybridized carbons (Fsp3) is 0.471. The van der Waals surface area contributed by atoms with Gasteiger partial charge in [-0.2, -0.15) is 0 Å². The first kappa shape index (κ1) is 15.7. The van der Waals surface area contributed by atoms with Gasteiger partial charge in [0.05, 0.1) is 16.7 Å². The number of ketones is 1. The molecule has 0 N–H and O–H groups in total. The first-order chi connectivity index (χ1) is 11.5. The van der Waals surface area contributed by atoms with Crippen molar-refractivity contribution in [2.45, 2.75) is 17.4 Å². The summed E-state index contributed by atoms with van der Waals surface area (Å²) in [6.45, 7) is -0.420. The van der Waals surface area contributed by atoms with Gasteiger partial charge in [-0.3, -0.25) is 14.4 Å². The Hall–Kier alpha value is -1.76. The van der Waals surface area contributed by atoms with Gasteiger partial charge in [-0.05, 0) is 36.6 Å². The van der Waals surface area contributed by atoms with E-state index in [0.29, 0.717) is 0 Å². The zero-order valence-electron chi connectivity index (χ0n) is 12.5.